The Kier molecular flexibility index (Phi) is 6.04. The van der Waals surface area contributed by atoms with Crippen LogP contribution >= 0.6 is 0 Å². The van der Waals surface area contributed by atoms with Crippen LogP contribution in [0.1, 0.15) is 10.4 Å². The molecular weight excluding hydrogens is 395 g/mol. The largest absolute Gasteiger partial charge is 0.501 e. The van der Waals surface area contributed by atoms with Gasteiger partial charge in [-0.3, -0.25) is 4.79 Å². The number of sulfone groups is 1. The van der Waals surface area contributed by atoms with Crippen molar-refractivity contribution in [1.29, 1.82) is 0 Å². The Hall–Kier alpha value is -2.69. The first-order chi connectivity index (χ1) is 12.5. The van der Waals surface area contributed by atoms with Gasteiger partial charge in [0.15, 0.2) is 0 Å². The van der Waals surface area contributed by atoms with E-state index in [9.17, 15) is 35.2 Å². The highest BCUT2D eigenvalue weighted by atomic mass is 32.2. The van der Waals surface area contributed by atoms with Gasteiger partial charge in [0.2, 0.25) is 0 Å². The van der Waals surface area contributed by atoms with E-state index in [1.54, 1.807) is 0 Å². The minimum Gasteiger partial charge on any atom is -0.382 e. The van der Waals surface area contributed by atoms with Crippen LogP contribution in [-0.4, -0.2) is 32.9 Å². The van der Waals surface area contributed by atoms with Crippen molar-refractivity contribution >= 4 is 21.4 Å². The molecule has 0 saturated carbocycles. The van der Waals surface area contributed by atoms with Gasteiger partial charge in [-0.25, -0.2) is 17.2 Å². The van der Waals surface area contributed by atoms with Crippen molar-refractivity contribution in [2.24, 2.45) is 0 Å². The molecule has 146 valence electrons. The van der Waals surface area contributed by atoms with E-state index in [4.69, 9.17) is 0 Å². The molecule has 2 aromatic rings. The molecule has 0 saturated heterocycles. The average molecular weight is 408 g/mol. The monoisotopic (exact) mass is 408 g/mol. The highest BCUT2D eigenvalue weighted by Crippen LogP contribution is 2.34. The number of nitrogens with one attached hydrogen (secondary N) is 2. The number of hydrogen-bond acceptors (Lipinski definition) is 4. The van der Waals surface area contributed by atoms with Gasteiger partial charge in [-0.1, -0.05) is 0 Å². The summed E-state index contributed by atoms with van der Waals surface area (Å²) >= 11 is 0. The van der Waals surface area contributed by atoms with Crippen LogP contribution in [0.15, 0.2) is 47.4 Å². The fourth-order valence-corrected chi connectivity index (χ4v) is 3.01. The Bertz CT molecular complexity index is 928. The first-order valence-corrected chi connectivity index (χ1v) is 8.89. The summed E-state index contributed by atoms with van der Waals surface area (Å²) in [5, 5.41) is 4.83. The molecule has 2 N–H and O–H groups in total. The summed E-state index contributed by atoms with van der Waals surface area (Å²) in [5.41, 5.74) is -5.88. The number of carbonyl (C=O) groups excluding carboxylic acids is 1. The minimum atomic E-state index is -5.76. The van der Waals surface area contributed by atoms with Crippen LogP contribution in [0.5, 0.6) is 0 Å². The van der Waals surface area contributed by atoms with Crippen molar-refractivity contribution in [1.82, 2.24) is 5.32 Å². The number of rotatable bonds is 6. The predicted octanol–water partition coefficient (Wildman–Crippen LogP) is 3.10. The molecule has 0 aromatic heterocycles. The van der Waals surface area contributed by atoms with E-state index >= 15 is 0 Å². The standard InChI is InChI=1S/C16H13F5N2O3S/c17-11-3-1-10(2-4-11)15(24)23-8-7-22-13-6-5-12(18)9-14(13)27(25,26)16(19,20)21/h1-6,9,22H,7-8H2,(H,23,24). The number of benzene rings is 2. The van der Waals surface area contributed by atoms with Crippen molar-refractivity contribution in [2.45, 2.75) is 10.4 Å². The van der Waals surface area contributed by atoms with Crippen LogP contribution in [-0.2, 0) is 9.84 Å². The number of hydrogen-bond donors (Lipinski definition) is 2. The second-order valence-corrected chi connectivity index (χ2v) is 7.19. The van der Waals surface area contributed by atoms with Crippen LogP contribution in [0, 0.1) is 11.6 Å². The number of anilines is 1. The second kappa shape index (κ2) is 7.91. The molecule has 27 heavy (non-hydrogen) atoms. The van der Waals surface area contributed by atoms with Gasteiger partial charge < -0.3 is 10.6 Å². The molecule has 11 heteroatoms. The van der Waals surface area contributed by atoms with Gasteiger partial charge >= 0.3 is 5.51 Å². The van der Waals surface area contributed by atoms with Crippen molar-refractivity contribution in [3.05, 3.63) is 59.7 Å². The van der Waals surface area contributed by atoms with E-state index in [2.05, 4.69) is 10.6 Å². The molecule has 2 aromatic carbocycles. The van der Waals surface area contributed by atoms with Gasteiger partial charge in [-0.2, -0.15) is 13.2 Å². The summed E-state index contributed by atoms with van der Waals surface area (Å²) in [6, 6.07) is 6.57. The SMILES string of the molecule is O=C(NCCNc1ccc(F)cc1S(=O)(=O)C(F)(F)F)c1ccc(F)cc1. The van der Waals surface area contributed by atoms with E-state index in [1.165, 1.54) is 12.1 Å². The van der Waals surface area contributed by atoms with Gasteiger partial charge in [-0.05, 0) is 42.5 Å². The summed E-state index contributed by atoms with van der Waals surface area (Å²) in [4.78, 5) is 10.6. The van der Waals surface area contributed by atoms with Crippen molar-refractivity contribution in [3.8, 4) is 0 Å². The Morgan fingerprint density at radius 3 is 2.11 bits per heavy atom. The maximum absolute atomic E-state index is 13.2. The van der Waals surface area contributed by atoms with Crippen molar-refractivity contribution in [3.63, 3.8) is 0 Å². The average Bonchev–Trinajstić information content (AvgIpc) is 2.59. The smallest absolute Gasteiger partial charge is 0.382 e. The maximum Gasteiger partial charge on any atom is 0.501 e. The van der Waals surface area contributed by atoms with Gasteiger partial charge in [0.1, 0.15) is 16.5 Å². The van der Waals surface area contributed by atoms with Gasteiger partial charge in [-0.15, -0.1) is 0 Å². The molecule has 0 aliphatic rings. The molecule has 0 atom stereocenters. The molecule has 0 aliphatic heterocycles. The van der Waals surface area contributed by atoms with E-state index in [1.807, 2.05) is 0 Å². The van der Waals surface area contributed by atoms with Crippen LogP contribution in [0.3, 0.4) is 0 Å². The van der Waals surface area contributed by atoms with Crippen LogP contribution < -0.4 is 10.6 Å². The quantitative estimate of drug-likeness (QED) is 0.569. The highest BCUT2D eigenvalue weighted by molar-refractivity contribution is 7.92. The second-order valence-electron chi connectivity index (χ2n) is 5.28. The molecule has 2 rings (SSSR count). The van der Waals surface area contributed by atoms with Crippen LogP contribution in [0.25, 0.3) is 0 Å². The summed E-state index contributed by atoms with van der Waals surface area (Å²) < 4.78 is 87.3. The van der Waals surface area contributed by atoms with E-state index in [-0.39, 0.29) is 24.7 Å². The molecule has 1 amide bonds. The number of carbonyl (C=O) groups is 1. The maximum atomic E-state index is 13.2. The fourth-order valence-electron chi connectivity index (χ4n) is 2.07. The van der Waals surface area contributed by atoms with Gasteiger partial charge in [0.05, 0.1) is 5.69 Å². The lowest BCUT2D eigenvalue weighted by Gasteiger charge is -2.14. The molecule has 0 spiro atoms. The summed E-state index contributed by atoms with van der Waals surface area (Å²) in [6.07, 6.45) is 0. The molecule has 5 nitrogen and oxygen atoms in total. The Balaban J connectivity index is 2.04. The predicted molar refractivity (Wildman–Crippen MR) is 86.9 cm³/mol. The lowest BCUT2D eigenvalue weighted by Crippen LogP contribution is -2.29. The molecule has 0 aliphatic carbocycles. The third kappa shape index (κ3) is 4.94. The normalized spacial score (nSPS) is 11.9. The Labute approximate surface area is 151 Å². The fraction of sp³-hybridized carbons (Fsp3) is 0.188. The highest BCUT2D eigenvalue weighted by Gasteiger charge is 2.48. The molecule has 0 unspecified atom stereocenters. The third-order valence-electron chi connectivity index (χ3n) is 3.37. The Morgan fingerprint density at radius 1 is 0.926 bits per heavy atom. The lowest BCUT2D eigenvalue weighted by atomic mass is 10.2. The zero-order valence-corrected chi connectivity index (χ0v) is 14.3. The summed E-state index contributed by atoms with van der Waals surface area (Å²) in [7, 11) is -5.76. The van der Waals surface area contributed by atoms with E-state index < -0.39 is 43.5 Å². The first kappa shape index (κ1) is 20.6. The van der Waals surface area contributed by atoms with Crippen molar-refractivity contribution in [2.75, 3.05) is 18.4 Å². The molecule has 0 radical (unpaired) electrons. The zero-order valence-electron chi connectivity index (χ0n) is 13.5. The molecule has 0 fully saturated rings. The zero-order chi connectivity index (χ0) is 20.2. The summed E-state index contributed by atoms with van der Waals surface area (Å²) in [5.74, 6) is -2.23. The lowest BCUT2D eigenvalue weighted by molar-refractivity contribution is -0.0435. The van der Waals surface area contributed by atoms with Gasteiger partial charge in [0, 0.05) is 18.7 Å². The Morgan fingerprint density at radius 2 is 1.52 bits per heavy atom. The molecule has 0 heterocycles. The van der Waals surface area contributed by atoms with E-state index in [0.717, 1.165) is 24.3 Å². The summed E-state index contributed by atoms with van der Waals surface area (Å²) in [6.45, 7) is -0.224. The van der Waals surface area contributed by atoms with E-state index in [0.29, 0.717) is 0 Å². The van der Waals surface area contributed by atoms with Crippen molar-refractivity contribution < 1.29 is 35.2 Å². The topological polar surface area (TPSA) is 75.3 Å². The van der Waals surface area contributed by atoms with Gasteiger partial charge in [0.25, 0.3) is 15.7 Å². The number of alkyl halides is 3. The molecular formula is C16H13F5N2O3S. The number of amides is 1. The molecule has 0 bridgehead atoms. The minimum absolute atomic E-state index is 0.0842. The number of halogens is 5. The van der Waals surface area contributed by atoms with Crippen LogP contribution in [0.4, 0.5) is 27.6 Å². The first-order valence-electron chi connectivity index (χ1n) is 7.41. The van der Waals surface area contributed by atoms with Crippen LogP contribution in [0.2, 0.25) is 0 Å². The third-order valence-corrected chi connectivity index (χ3v) is 4.90.